The van der Waals surface area contributed by atoms with Gasteiger partial charge in [-0.2, -0.15) is 0 Å². The molecule has 0 heterocycles. The molecule has 1 aliphatic carbocycles. The van der Waals surface area contributed by atoms with E-state index in [9.17, 15) is 0 Å². The molecular weight excluding hydrogens is 220 g/mol. The van der Waals surface area contributed by atoms with Crippen LogP contribution >= 0.6 is 0 Å². The molecule has 0 radical (unpaired) electrons. The molecule has 1 aromatic carbocycles. The number of hydrogen-bond acceptors (Lipinski definition) is 2. The van der Waals surface area contributed by atoms with Gasteiger partial charge in [-0.3, -0.25) is 0 Å². The van der Waals surface area contributed by atoms with Gasteiger partial charge in [0.15, 0.2) is 0 Å². The lowest BCUT2D eigenvalue weighted by Crippen LogP contribution is -2.25. The molecule has 18 heavy (non-hydrogen) atoms. The van der Waals surface area contributed by atoms with Gasteiger partial charge < -0.3 is 11.1 Å². The van der Waals surface area contributed by atoms with Crippen LogP contribution in [0.2, 0.25) is 0 Å². The predicted octanol–water partition coefficient (Wildman–Crippen LogP) is 3.37. The molecule has 1 fully saturated rings. The van der Waals surface area contributed by atoms with Gasteiger partial charge in [0.2, 0.25) is 0 Å². The van der Waals surface area contributed by atoms with Gasteiger partial charge in [0.1, 0.15) is 0 Å². The molecule has 1 aromatic rings. The molecule has 1 saturated carbocycles. The van der Waals surface area contributed by atoms with E-state index in [0.29, 0.717) is 5.41 Å². The standard InChI is InChI=1S/C16H26N2/c1-2-9-16(10-11-16)13-18-12-5-7-14-6-3-4-8-15(14)17/h3-4,6,8,18H,2,5,7,9-13,17H2,1H3. The Labute approximate surface area is 111 Å². The molecule has 2 rings (SSSR count). The van der Waals surface area contributed by atoms with Crippen LogP contribution in [0.5, 0.6) is 0 Å². The third kappa shape index (κ3) is 3.74. The molecule has 1 aliphatic rings. The van der Waals surface area contributed by atoms with Gasteiger partial charge in [-0.15, -0.1) is 0 Å². The number of nitrogens with two attached hydrogens (primary N) is 1. The summed E-state index contributed by atoms with van der Waals surface area (Å²) in [4.78, 5) is 0. The van der Waals surface area contributed by atoms with Crippen LogP contribution in [0.15, 0.2) is 24.3 Å². The summed E-state index contributed by atoms with van der Waals surface area (Å²) in [5.41, 5.74) is 8.82. The minimum atomic E-state index is 0.667. The number of nitrogens with one attached hydrogen (secondary N) is 1. The van der Waals surface area contributed by atoms with E-state index >= 15 is 0 Å². The lowest BCUT2D eigenvalue weighted by molar-refractivity contribution is 0.420. The van der Waals surface area contributed by atoms with Gasteiger partial charge in [-0.05, 0) is 55.7 Å². The second-order valence-electron chi connectivity index (χ2n) is 5.73. The molecule has 0 atom stereocenters. The molecular formula is C16H26N2. The van der Waals surface area contributed by atoms with Gasteiger partial charge >= 0.3 is 0 Å². The topological polar surface area (TPSA) is 38.0 Å². The lowest BCUT2D eigenvalue weighted by atomic mass is 10.0. The smallest absolute Gasteiger partial charge is 0.0346 e. The van der Waals surface area contributed by atoms with E-state index in [1.54, 1.807) is 0 Å². The van der Waals surface area contributed by atoms with Crippen molar-refractivity contribution in [1.82, 2.24) is 5.32 Å². The molecule has 0 aromatic heterocycles. The number of benzene rings is 1. The van der Waals surface area contributed by atoms with Crippen LogP contribution in [0.1, 0.15) is 44.6 Å². The number of para-hydroxylation sites is 1. The van der Waals surface area contributed by atoms with Crippen LogP contribution in [-0.4, -0.2) is 13.1 Å². The van der Waals surface area contributed by atoms with Crippen molar-refractivity contribution in [3.8, 4) is 0 Å². The van der Waals surface area contributed by atoms with E-state index in [4.69, 9.17) is 5.73 Å². The average molecular weight is 246 g/mol. The summed E-state index contributed by atoms with van der Waals surface area (Å²) in [6.45, 7) is 4.61. The molecule has 0 aliphatic heterocycles. The number of rotatable bonds is 8. The molecule has 2 nitrogen and oxygen atoms in total. The van der Waals surface area contributed by atoms with Crippen LogP contribution in [0.25, 0.3) is 0 Å². The maximum absolute atomic E-state index is 5.93. The first kappa shape index (κ1) is 13.4. The number of anilines is 1. The Hall–Kier alpha value is -1.02. The molecule has 2 heteroatoms. The summed E-state index contributed by atoms with van der Waals surface area (Å²) in [7, 11) is 0. The molecule has 0 unspecified atom stereocenters. The van der Waals surface area contributed by atoms with E-state index in [2.05, 4.69) is 24.4 Å². The van der Waals surface area contributed by atoms with E-state index in [1.165, 1.54) is 44.2 Å². The highest BCUT2D eigenvalue weighted by Gasteiger charge is 2.40. The Bertz CT molecular complexity index is 369. The Morgan fingerprint density at radius 1 is 1.28 bits per heavy atom. The fraction of sp³-hybridized carbons (Fsp3) is 0.625. The fourth-order valence-corrected chi connectivity index (χ4v) is 2.74. The molecule has 0 bridgehead atoms. The summed E-state index contributed by atoms with van der Waals surface area (Å²) in [5.74, 6) is 0. The molecule has 0 saturated heterocycles. The van der Waals surface area contributed by atoms with Crippen molar-refractivity contribution in [2.24, 2.45) is 5.41 Å². The van der Waals surface area contributed by atoms with E-state index < -0.39 is 0 Å². The summed E-state index contributed by atoms with van der Waals surface area (Å²) >= 11 is 0. The predicted molar refractivity (Wildman–Crippen MR) is 78.6 cm³/mol. The Kier molecular flexibility index (Phi) is 4.65. The zero-order valence-electron chi connectivity index (χ0n) is 11.5. The quantitative estimate of drug-likeness (QED) is 0.545. The normalized spacial score (nSPS) is 16.7. The first-order valence-electron chi connectivity index (χ1n) is 7.30. The van der Waals surface area contributed by atoms with Gasteiger partial charge in [-0.1, -0.05) is 31.5 Å². The van der Waals surface area contributed by atoms with E-state index in [-0.39, 0.29) is 0 Å². The van der Waals surface area contributed by atoms with Crippen molar-refractivity contribution in [1.29, 1.82) is 0 Å². The molecule has 3 N–H and O–H groups in total. The first-order chi connectivity index (χ1) is 8.76. The van der Waals surface area contributed by atoms with Crippen LogP contribution in [0, 0.1) is 5.41 Å². The monoisotopic (exact) mass is 246 g/mol. The van der Waals surface area contributed by atoms with Gasteiger partial charge in [0, 0.05) is 12.2 Å². The Balaban J connectivity index is 1.61. The second kappa shape index (κ2) is 6.24. The highest BCUT2D eigenvalue weighted by Crippen LogP contribution is 2.48. The van der Waals surface area contributed by atoms with E-state index in [1.807, 2.05) is 12.1 Å². The average Bonchev–Trinajstić information content (AvgIpc) is 3.12. The first-order valence-corrected chi connectivity index (χ1v) is 7.30. The van der Waals surface area contributed by atoms with Crippen LogP contribution in [0.3, 0.4) is 0 Å². The van der Waals surface area contributed by atoms with Crippen molar-refractivity contribution < 1.29 is 0 Å². The number of hydrogen-bond donors (Lipinski definition) is 2. The minimum absolute atomic E-state index is 0.667. The third-order valence-corrected chi connectivity index (χ3v) is 4.09. The third-order valence-electron chi connectivity index (χ3n) is 4.09. The highest BCUT2D eigenvalue weighted by atomic mass is 14.9. The summed E-state index contributed by atoms with van der Waals surface area (Å²) in [6.07, 6.45) is 7.84. The van der Waals surface area contributed by atoms with Crippen LogP contribution in [-0.2, 0) is 6.42 Å². The van der Waals surface area contributed by atoms with Crippen molar-refractivity contribution >= 4 is 5.69 Å². The van der Waals surface area contributed by atoms with E-state index in [0.717, 1.165) is 18.7 Å². The van der Waals surface area contributed by atoms with Crippen LogP contribution in [0.4, 0.5) is 5.69 Å². The summed E-state index contributed by atoms with van der Waals surface area (Å²) in [5, 5.41) is 3.62. The maximum atomic E-state index is 5.93. The minimum Gasteiger partial charge on any atom is -0.399 e. The largest absolute Gasteiger partial charge is 0.399 e. The molecule has 0 spiro atoms. The van der Waals surface area contributed by atoms with Crippen molar-refractivity contribution in [2.75, 3.05) is 18.8 Å². The SMILES string of the molecule is CCCC1(CNCCCc2ccccc2N)CC1. The summed E-state index contributed by atoms with van der Waals surface area (Å²) in [6, 6.07) is 8.19. The maximum Gasteiger partial charge on any atom is 0.0346 e. The van der Waals surface area contributed by atoms with Crippen molar-refractivity contribution in [3.63, 3.8) is 0 Å². The number of aryl methyl sites for hydroxylation is 1. The second-order valence-corrected chi connectivity index (χ2v) is 5.73. The fourth-order valence-electron chi connectivity index (χ4n) is 2.74. The highest BCUT2D eigenvalue weighted by molar-refractivity contribution is 5.46. The zero-order chi connectivity index (χ0) is 12.8. The van der Waals surface area contributed by atoms with Crippen molar-refractivity contribution in [2.45, 2.75) is 45.4 Å². The van der Waals surface area contributed by atoms with Crippen molar-refractivity contribution in [3.05, 3.63) is 29.8 Å². The van der Waals surface area contributed by atoms with Gasteiger partial charge in [0.05, 0.1) is 0 Å². The Morgan fingerprint density at radius 3 is 2.72 bits per heavy atom. The zero-order valence-corrected chi connectivity index (χ0v) is 11.5. The molecule has 0 amide bonds. The number of nitrogen functional groups attached to an aromatic ring is 1. The Morgan fingerprint density at radius 2 is 2.06 bits per heavy atom. The van der Waals surface area contributed by atoms with Crippen LogP contribution < -0.4 is 11.1 Å². The summed E-state index contributed by atoms with van der Waals surface area (Å²) < 4.78 is 0. The lowest BCUT2D eigenvalue weighted by Gasteiger charge is -2.14. The van der Waals surface area contributed by atoms with Gasteiger partial charge in [-0.25, -0.2) is 0 Å². The molecule has 100 valence electrons. The van der Waals surface area contributed by atoms with Gasteiger partial charge in [0.25, 0.3) is 0 Å².